The largest absolute Gasteiger partial charge is 0.355 e. The van der Waals surface area contributed by atoms with Crippen molar-refractivity contribution < 1.29 is 13.2 Å². The zero-order valence-electron chi connectivity index (χ0n) is 18.2. The van der Waals surface area contributed by atoms with E-state index in [2.05, 4.69) is 21.4 Å². The first kappa shape index (κ1) is 21.8. The van der Waals surface area contributed by atoms with E-state index in [4.69, 9.17) is 0 Å². The van der Waals surface area contributed by atoms with Gasteiger partial charge in [0, 0.05) is 38.8 Å². The van der Waals surface area contributed by atoms with Gasteiger partial charge in [-0.25, -0.2) is 8.42 Å². The Balaban J connectivity index is 1.47. The van der Waals surface area contributed by atoms with Crippen LogP contribution >= 0.6 is 0 Å². The van der Waals surface area contributed by atoms with Crippen LogP contribution in [0.5, 0.6) is 0 Å². The third-order valence-corrected chi connectivity index (χ3v) is 8.10. The summed E-state index contributed by atoms with van der Waals surface area (Å²) >= 11 is 0. The van der Waals surface area contributed by atoms with Crippen molar-refractivity contribution in [2.24, 2.45) is 7.05 Å². The molecule has 8 nitrogen and oxygen atoms in total. The molecule has 2 fully saturated rings. The Morgan fingerprint density at radius 3 is 2.58 bits per heavy atom. The lowest BCUT2D eigenvalue weighted by molar-refractivity contribution is -0.126. The molecule has 0 bridgehead atoms. The predicted octanol–water partition coefficient (Wildman–Crippen LogP) is 2.06. The number of rotatable bonds is 5. The molecule has 3 heterocycles. The molecule has 0 aliphatic carbocycles. The van der Waals surface area contributed by atoms with Crippen LogP contribution in [-0.4, -0.2) is 60.1 Å². The fourth-order valence-corrected chi connectivity index (χ4v) is 6.35. The highest BCUT2D eigenvalue weighted by molar-refractivity contribution is 7.89. The molecule has 2 saturated heterocycles. The number of carbonyl (C=O) groups is 1. The number of amides is 1. The molecule has 1 aromatic carbocycles. The molecular weight excluding hydrogens is 414 g/mol. The number of aryl methyl sites for hydroxylation is 2. The molecule has 1 N–H and O–H groups in total. The number of hydrogen-bond donors (Lipinski definition) is 1. The Bertz CT molecular complexity index is 1020. The molecule has 0 radical (unpaired) electrons. The second kappa shape index (κ2) is 9.00. The predicted molar refractivity (Wildman–Crippen MR) is 119 cm³/mol. The Hall–Kier alpha value is -2.39. The van der Waals surface area contributed by atoms with E-state index in [0.717, 1.165) is 43.7 Å². The van der Waals surface area contributed by atoms with Gasteiger partial charge in [0.2, 0.25) is 15.9 Å². The van der Waals surface area contributed by atoms with Crippen molar-refractivity contribution in [3.05, 3.63) is 42.1 Å². The van der Waals surface area contributed by atoms with E-state index in [1.807, 2.05) is 18.7 Å². The highest BCUT2D eigenvalue weighted by atomic mass is 32.2. The summed E-state index contributed by atoms with van der Waals surface area (Å²) in [4.78, 5) is 15.7. The van der Waals surface area contributed by atoms with Crippen molar-refractivity contribution in [2.75, 3.05) is 24.5 Å². The van der Waals surface area contributed by atoms with Crippen LogP contribution in [0.4, 0.5) is 5.82 Å². The summed E-state index contributed by atoms with van der Waals surface area (Å²) in [6.07, 6.45) is 4.02. The molecule has 0 unspecified atom stereocenters. The monoisotopic (exact) mass is 445 g/mol. The molecule has 0 saturated carbocycles. The van der Waals surface area contributed by atoms with E-state index in [-0.39, 0.29) is 16.8 Å². The summed E-state index contributed by atoms with van der Waals surface area (Å²) in [5.74, 6) is 0.856. The van der Waals surface area contributed by atoms with Crippen LogP contribution in [0.25, 0.3) is 0 Å². The average Bonchev–Trinajstić information content (AvgIpc) is 3.12. The van der Waals surface area contributed by atoms with Crippen molar-refractivity contribution in [3.8, 4) is 0 Å². The maximum Gasteiger partial charge on any atom is 0.243 e. The van der Waals surface area contributed by atoms with Crippen LogP contribution in [0.3, 0.4) is 0 Å². The molecule has 1 amide bonds. The Morgan fingerprint density at radius 2 is 1.87 bits per heavy atom. The second-order valence-electron chi connectivity index (χ2n) is 8.50. The molecule has 31 heavy (non-hydrogen) atoms. The molecular formula is C22H31N5O3S. The number of piperidine rings is 2. The maximum atomic E-state index is 13.2. The van der Waals surface area contributed by atoms with Gasteiger partial charge in [0.1, 0.15) is 11.9 Å². The minimum absolute atomic E-state index is 0.0142. The molecule has 0 spiro atoms. The third kappa shape index (κ3) is 4.62. The fraction of sp³-hybridized carbons (Fsp3) is 0.545. The van der Waals surface area contributed by atoms with Crippen molar-refractivity contribution in [1.82, 2.24) is 19.4 Å². The number of anilines is 1. The van der Waals surface area contributed by atoms with Gasteiger partial charge in [0.25, 0.3) is 0 Å². The summed E-state index contributed by atoms with van der Waals surface area (Å²) < 4.78 is 29.7. The molecule has 2 atom stereocenters. The SMILES string of the molecule is Cc1cc(N2CCC[C@H](NC(=O)[C@H]3CCCCN3S(=O)(=O)c3ccccc3)C2)n(C)n1. The van der Waals surface area contributed by atoms with Gasteiger partial charge in [0.15, 0.2) is 0 Å². The van der Waals surface area contributed by atoms with E-state index >= 15 is 0 Å². The first-order valence-corrected chi connectivity index (χ1v) is 12.4. The normalized spacial score (nSPS) is 23.0. The van der Waals surface area contributed by atoms with Crippen molar-refractivity contribution >= 4 is 21.7 Å². The van der Waals surface area contributed by atoms with Gasteiger partial charge in [-0.15, -0.1) is 0 Å². The highest BCUT2D eigenvalue weighted by Crippen LogP contribution is 2.26. The number of sulfonamides is 1. The average molecular weight is 446 g/mol. The summed E-state index contributed by atoms with van der Waals surface area (Å²) in [6.45, 7) is 3.96. The molecule has 2 aliphatic rings. The van der Waals surface area contributed by atoms with E-state index in [1.165, 1.54) is 4.31 Å². The van der Waals surface area contributed by atoms with Crippen molar-refractivity contribution in [2.45, 2.75) is 56.0 Å². The fourth-order valence-electron chi connectivity index (χ4n) is 4.68. The van der Waals surface area contributed by atoms with Gasteiger partial charge >= 0.3 is 0 Å². The minimum atomic E-state index is -3.70. The van der Waals surface area contributed by atoms with Crippen LogP contribution in [-0.2, 0) is 21.9 Å². The van der Waals surface area contributed by atoms with Gasteiger partial charge < -0.3 is 10.2 Å². The van der Waals surface area contributed by atoms with Crippen LogP contribution in [0.15, 0.2) is 41.3 Å². The van der Waals surface area contributed by atoms with E-state index in [9.17, 15) is 13.2 Å². The Labute approximate surface area is 184 Å². The lowest BCUT2D eigenvalue weighted by Gasteiger charge is -2.37. The van der Waals surface area contributed by atoms with E-state index < -0.39 is 16.1 Å². The topological polar surface area (TPSA) is 87.5 Å². The van der Waals surface area contributed by atoms with E-state index in [0.29, 0.717) is 19.5 Å². The number of benzene rings is 1. The Morgan fingerprint density at radius 1 is 1.10 bits per heavy atom. The second-order valence-corrected chi connectivity index (χ2v) is 10.4. The first-order valence-electron chi connectivity index (χ1n) is 11.0. The molecule has 1 aromatic heterocycles. The first-order chi connectivity index (χ1) is 14.9. The Kier molecular flexibility index (Phi) is 6.34. The number of carbonyl (C=O) groups excluding carboxylic acids is 1. The smallest absolute Gasteiger partial charge is 0.243 e. The maximum absolute atomic E-state index is 13.2. The minimum Gasteiger partial charge on any atom is -0.355 e. The van der Waals surface area contributed by atoms with Crippen LogP contribution in [0, 0.1) is 6.92 Å². The number of hydrogen-bond acceptors (Lipinski definition) is 5. The number of aromatic nitrogens is 2. The highest BCUT2D eigenvalue weighted by Gasteiger charge is 2.38. The van der Waals surface area contributed by atoms with Crippen molar-refractivity contribution in [3.63, 3.8) is 0 Å². The quantitative estimate of drug-likeness (QED) is 0.761. The van der Waals surface area contributed by atoms with Crippen LogP contribution in [0.1, 0.15) is 37.8 Å². The van der Waals surface area contributed by atoms with Gasteiger partial charge in [-0.3, -0.25) is 9.48 Å². The van der Waals surface area contributed by atoms with Gasteiger partial charge in [-0.1, -0.05) is 24.6 Å². The lowest BCUT2D eigenvalue weighted by Crippen LogP contribution is -2.56. The zero-order chi connectivity index (χ0) is 22.0. The van der Waals surface area contributed by atoms with Gasteiger partial charge in [-0.05, 0) is 44.7 Å². The summed E-state index contributed by atoms with van der Waals surface area (Å²) in [6, 6.07) is 9.78. The number of nitrogens with zero attached hydrogens (tertiary/aromatic N) is 4. The third-order valence-electron chi connectivity index (χ3n) is 6.18. The molecule has 2 aromatic rings. The molecule has 168 valence electrons. The summed E-state index contributed by atoms with van der Waals surface area (Å²) in [5, 5.41) is 7.58. The van der Waals surface area contributed by atoms with Crippen molar-refractivity contribution in [1.29, 1.82) is 0 Å². The van der Waals surface area contributed by atoms with E-state index in [1.54, 1.807) is 30.3 Å². The molecule has 4 rings (SSSR count). The summed E-state index contributed by atoms with van der Waals surface area (Å²) in [5.41, 5.74) is 0.965. The standard InChI is InChI=1S/C22H31N5O3S/c1-17-15-21(25(2)24-17)26-13-8-9-18(16-26)23-22(28)20-12-6-7-14-27(20)31(29,30)19-10-4-3-5-11-19/h3-5,10-11,15,18,20H,6-9,12-14,16H2,1-2H3,(H,23,28)/t18-,20+/m0/s1. The van der Waals surface area contributed by atoms with Crippen LogP contribution < -0.4 is 10.2 Å². The molecule has 2 aliphatic heterocycles. The lowest BCUT2D eigenvalue weighted by atomic mass is 10.0. The summed E-state index contributed by atoms with van der Waals surface area (Å²) in [7, 11) is -1.77. The molecule has 9 heteroatoms. The zero-order valence-corrected chi connectivity index (χ0v) is 19.0. The van der Waals surface area contributed by atoms with Crippen LogP contribution in [0.2, 0.25) is 0 Å². The van der Waals surface area contributed by atoms with Gasteiger partial charge in [0.05, 0.1) is 10.6 Å². The van der Waals surface area contributed by atoms with Gasteiger partial charge in [-0.2, -0.15) is 9.40 Å². The number of nitrogens with one attached hydrogen (secondary N) is 1.